The summed E-state index contributed by atoms with van der Waals surface area (Å²) in [5.74, 6) is -2.52. The summed E-state index contributed by atoms with van der Waals surface area (Å²) < 4.78 is -0.682. The highest BCUT2D eigenvalue weighted by molar-refractivity contribution is 8.01. The van der Waals surface area contributed by atoms with Gasteiger partial charge in [-0.05, 0) is 26.3 Å². The molecule has 3 rings (SSSR count). The van der Waals surface area contributed by atoms with Crippen molar-refractivity contribution in [2.24, 2.45) is 0 Å². The molecule has 0 radical (unpaired) electrons. The zero-order valence-corrected chi connectivity index (χ0v) is 17.2. The van der Waals surface area contributed by atoms with Crippen LogP contribution in [-0.4, -0.2) is 55.9 Å². The van der Waals surface area contributed by atoms with Crippen molar-refractivity contribution in [2.75, 3.05) is 0 Å². The normalized spacial score (nSPS) is 25.4. The number of carbonyl (C=O) groups excluding carboxylic acids is 3. The lowest BCUT2D eigenvalue weighted by Gasteiger charge is -2.44. The largest absolute Gasteiger partial charge is 0.480 e. The van der Waals surface area contributed by atoms with Crippen molar-refractivity contribution in [3.8, 4) is 0 Å². The van der Waals surface area contributed by atoms with Crippen LogP contribution in [-0.2, 0) is 19.2 Å². The SMILES string of the molecule is C=C(C)C(=O)N[C@@H](C(=O)N[C@@H]1C(=O)N2[C@@H]1SC(C)(C)[C@@H]2C(=O)O)c1ccccc1. The van der Waals surface area contributed by atoms with Gasteiger partial charge in [0.1, 0.15) is 23.5 Å². The number of thioether (sulfide) groups is 1. The number of benzene rings is 1. The van der Waals surface area contributed by atoms with E-state index in [1.165, 1.54) is 23.6 Å². The van der Waals surface area contributed by atoms with E-state index < -0.39 is 51.9 Å². The van der Waals surface area contributed by atoms with Gasteiger partial charge in [-0.15, -0.1) is 11.8 Å². The number of hydrogen-bond donors (Lipinski definition) is 3. The third-order valence-corrected chi connectivity index (χ3v) is 6.60. The number of nitrogens with zero attached hydrogens (tertiary/aromatic N) is 1. The van der Waals surface area contributed by atoms with Gasteiger partial charge in [-0.3, -0.25) is 14.4 Å². The Morgan fingerprint density at radius 1 is 1.24 bits per heavy atom. The molecular weight excluding hydrogens is 394 g/mol. The standard InChI is InChI=1S/C20H23N3O5S/c1-10(2)15(24)21-12(11-8-6-5-7-9-11)16(25)22-13-17(26)23-14(19(27)28)20(3,4)29-18(13)23/h5-9,12-14,18H,1H2,2-4H3,(H,21,24)(H,22,25)(H,27,28)/t12-,13-,14+,18-/m1/s1. The van der Waals surface area contributed by atoms with Gasteiger partial charge in [-0.1, -0.05) is 36.9 Å². The van der Waals surface area contributed by atoms with Crippen molar-refractivity contribution < 1.29 is 24.3 Å². The molecular formula is C20H23N3O5S. The van der Waals surface area contributed by atoms with Crippen LogP contribution in [0.2, 0.25) is 0 Å². The number of fused-ring (bicyclic) bond motifs is 1. The predicted octanol–water partition coefficient (Wildman–Crippen LogP) is 1.05. The summed E-state index contributed by atoms with van der Waals surface area (Å²) >= 11 is 1.34. The van der Waals surface area contributed by atoms with Crippen molar-refractivity contribution in [2.45, 2.75) is 49.0 Å². The minimum atomic E-state index is -1.07. The summed E-state index contributed by atoms with van der Waals surface area (Å²) in [5.41, 5.74) is 0.813. The Balaban J connectivity index is 1.79. The fourth-order valence-corrected chi connectivity index (χ4v) is 5.21. The maximum Gasteiger partial charge on any atom is 0.327 e. The molecule has 0 bridgehead atoms. The van der Waals surface area contributed by atoms with Crippen LogP contribution in [0, 0.1) is 0 Å². The highest BCUT2D eigenvalue weighted by atomic mass is 32.2. The van der Waals surface area contributed by atoms with Gasteiger partial charge < -0.3 is 20.6 Å². The lowest BCUT2D eigenvalue weighted by atomic mass is 9.95. The second-order valence-electron chi connectivity index (χ2n) is 7.68. The van der Waals surface area contributed by atoms with E-state index in [-0.39, 0.29) is 5.57 Å². The minimum absolute atomic E-state index is 0.252. The van der Waals surface area contributed by atoms with Crippen LogP contribution in [0.15, 0.2) is 42.5 Å². The molecule has 29 heavy (non-hydrogen) atoms. The summed E-state index contributed by atoms with van der Waals surface area (Å²) in [5, 5.41) is 14.3. The molecule has 0 aromatic heterocycles. The van der Waals surface area contributed by atoms with E-state index in [4.69, 9.17) is 0 Å². The number of carbonyl (C=O) groups is 4. The first-order valence-corrected chi connectivity index (χ1v) is 9.97. The quantitative estimate of drug-likeness (QED) is 0.471. The van der Waals surface area contributed by atoms with Gasteiger partial charge in [-0.25, -0.2) is 4.79 Å². The first kappa shape index (κ1) is 20.9. The molecule has 1 aromatic carbocycles. The lowest BCUT2D eigenvalue weighted by Crippen LogP contribution is -2.71. The highest BCUT2D eigenvalue weighted by Crippen LogP contribution is 2.50. The Morgan fingerprint density at radius 2 is 1.86 bits per heavy atom. The number of hydrogen-bond acceptors (Lipinski definition) is 5. The number of β-lactam (4-membered cyclic amide) rings is 1. The zero-order valence-electron chi connectivity index (χ0n) is 16.3. The van der Waals surface area contributed by atoms with Gasteiger partial charge in [0.2, 0.25) is 17.7 Å². The van der Waals surface area contributed by atoms with Crippen molar-refractivity contribution >= 4 is 35.5 Å². The van der Waals surface area contributed by atoms with Crippen molar-refractivity contribution in [3.05, 3.63) is 48.0 Å². The third-order valence-electron chi connectivity index (χ3n) is 5.03. The van der Waals surface area contributed by atoms with E-state index in [2.05, 4.69) is 17.2 Å². The fraction of sp³-hybridized carbons (Fsp3) is 0.400. The Morgan fingerprint density at radius 3 is 2.41 bits per heavy atom. The third kappa shape index (κ3) is 3.74. The molecule has 2 aliphatic rings. The van der Waals surface area contributed by atoms with Gasteiger partial charge in [0, 0.05) is 10.3 Å². The van der Waals surface area contributed by atoms with Crippen LogP contribution < -0.4 is 10.6 Å². The lowest BCUT2D eigenvalue weighted by molar-refractivity contribution is -0.161. The van der Waals surface area contributed by atoms with Gasteiger partial charge >= 0.3 is 5.97 Å². The first-order valence-electron chi connectivity index (χ1n) is 9.09. The summed E-state index contributed by atoms with van der Waals surface area (Å²) in [4.78, 5) is 50.6. The van der Waals surface area contributed by atoms with Gasteiger partial charge in [0.15, 0.2) is 0 Å². The van der Waals surface area contributed by atoms with Crippen molar-refractivity contribution in [1.29, 1.82) is 0 Å². The first-order chi connectivity index (χ1) is 13.5. The molecule has 3 amide bonds. The average Bonchev–Trinajstić information content (AvgIpc) is 2.92. The summed E-state index contributed by atoms with van der Waals surface area (Å²) in [6.45, 7) is 8.65. The fourth-order valence-electron chi connectivity index (χ4n) is 3.58. The van der Waals surface area contributed by atoms with E-state index in [1.54, 1.807) is 44.2 Å². The molecule has 2 aliphatic heterocycles. The molecule has 8 nitrogen and oxygen atoms in total. The molecule has 0 unspecified atom stereocenters. The van der Waals surface area contributed by atoms with Crippen LogP contribution in [0.5, 0.6) is 0 Å². The number of amides is 3. The predicted molar refractivity (Wildman–Crippen MR) is 108 cm³/mol. The molecule has 0 spiro atoms. The number of carboxylic acid groups (broad SMARTS) is 1. The van der Waals surface area contributed by atoms with E-state index in [0.29, 0.717) is 5.56 Å². The summed E-state index contributed by atoms with van der Waals surface area (Å²) in [6.07, 6.45) is 0. The Hall–Kier alpha value is -2.81. The topological polar surface area (TPSA) is 116 Å². The van der Waals surface area contributed by atoms with Gasteiger partial charge in [0.05, 0.1) is 0 Å². The molecule has 2 saturated heterocycles. The molecule has 2 fully saturated rings. The molecule has 4 atom stereocenters. The number of carboxylic acids is 1. The number of aliphatic carboxylic acids is 1. The summed E-state index contributed by atoms with van der Waals surface area (Å²) in [7, 11) is 0. The average molecular weight is 417 g/mol. The monoisotopic (exact) mass is 417 g/mol. The van der Waals surface area contributed by atoms with Crippen LogP contribution in [0.3, 0.4) is 0 Å². The maximum atomic E-state index is 13.0. The molecule has 0 saturated carbocycles. The molecule has 2 heterocycles. The molecule has 9 heteroatoms. The van der Waals surface area contributed by atoms with E-state index in [0.717, 1.165) is 0 Å². The maximum absolute atomic E-state index is 13.0. The molecule has 3 N–H and O–H groups in total. The van der Waals surface area contributed by atoms with Crippen LogP contribution in [0.1, 0.15) is 32.4 Å². The van der Waals surface area contributed by atoms with Crippen molar-refractivity contribution in [1.82, 2.24) is 15.5 Å². The Labute approximate surface area is 172 Å². The van der Waals surface area contributed by atoms with Crippen molar-refractivity contribution in [3.63, 3.8) is 0 Å². The Kier molecular flexibility index (Phi) is 5.44. The Bertz CT molecular complexity index is 885. The summed E-state index contributed by atoms with van der Waals surface area (Å²) in [6, 6.07) is 5.87. The van der Waals surface area contributed by atoms with Gasteiger partial charge in [0.25, 0.3) is 0 Å². The molecule has 0 aliphatic carbocycles. The second-order valence-corrected chi connectivity index (χ2v) is 9.45. The minimum Gasteiger partial charge on any atom is -0.480 e. The molecule has 154 valence electrons. The van der Waals surface area contributed by atoms with Crippen LogP contribution in [0.25, 0.3) is 0 Å². The number of rotatable bonds is 6. The van der Waals surface area contributed by atoms with Crippen LogP contribution in [0.4, 0.5) is 0 Å². The smallest absolute Gasteiger partial charge is 0.327 e. The highest BCUT2D eigenvalue weighted by Gasteiger charge is 2.64. The zero-order chi connectivity index (χ0) is 21.5. The van der Waals surface area contributed by atoms with Crippen LogP contribution >= 0.6 is 11.8 Å². The number of nitrogens with one attached hydrogen (secondary N) is 2. The van der Waals surface area contributed by atoms with E-state index in [1.807, 2.05) is 0 Å². The van der Waals surface area contributed by atoms with E-state index in [9.17, 15) is 24.3 Å². The second kappa shape index (κ2) is 7.55. The van der Waals surface area contributed by atoms with E-state index >= 15 is 0 Å². The van der Waals surface area contributed by atoms with Gasteiger partial charge in [-0.2, -0.15) is 0 Å². The molecule has 1 aromatic rings.